The first-order chi connectivity index (χ1) is 5.31. The van der Waals surface area contributed by atoms with Crippen molar-refractivity contribution in [1.82, 2.24) is 0 Å². The molecule has 0 radical (unpaired) electrons. The molecule has 0 aliphatic heterocycles. The molecular formula is C10H15N. The van der Waals surface area contributed by atoms with E-state index in [1.54, 1.807) is 0 Å². The summed E-state index contributed by atoms with van der Waals surface area (Å²) in [5, 5.41) is 8.23. The largest absolute Gasteiger partial charge is 0.198 e. The van der Waals surface area contributed by atoms with Crippen molar-refractivity contribution in [3.8, 4) is 6.07 Å². The Morgan fingerprint density at radius 1 is 1.55 bits per heavy atom. The first-order valence-electron chi connectivity index (χ1n) is 4.01. The van der Waals surface area contributed by atoms with Gasteiger partial charge in [0.25, 0.3) is 0 Å². The van der Waals surface area contributed by atoms with Crippen LogP contribution in [0.1, 0.15) is 33.1 Å². The Bertz CT molecular complexity index is 182. The molecule has 0 saturated heterocycles. The Labute approximate surface area is 69.0 Å². The maximum absolute atomic E-state index is 8.23. The van der Waals surface area contributed by atoms with Crippen LogP contribution in [0.3, 0.4) is 0 Å². The van der Waals surface area contributed by atoms with Crippen LogP contribution >= 0.6 is 0 Å². The van der Waals surface area contributed by atoms with E-state index in [2.05, 4.69) is 26.0 Å². The number of hydrogen-bond donors (Lipinski definition) is 0. The van der Waals surface area contributed by atoms with Gasteiger partial charge in [0, 0.05) is 0 Å². The molecule has 0 aromatic carbocycles. The number of unbranched alkanes of at least 4 members (excludes halogenated alkanes) is 1. The van der Waals surface area contributed by atoms with Gasteiger partial charge in [0.1, 0.15) is 0 Å². The zero-order chi connectivity index (χ0) is 8.53. The standard InChI is InChI=1S/C10H15N/c1-3-4-7-10(2)8-5-6-9-11/h5,7-8H,3-4,6H2,1-2H3/b8-5-,10-7-. The molecule has 0 saturated carbocycles. The average molecular weight is 149 g/mol. The lowest BCUT2D eigenvalue weighted by molar-refractivity contribution is 0.952. The molecule has 1 nitrogen and oxygen atoms in total. The molecule has 0 aliphatic rings. The lowest BCUT2D eigenvalue weighted by Gasteiger charge is -1.89. The third-order valence-corrected chi connectivity index (χ3v) is 1.34. The van der Waals surface area contributed by atoms with E-state index in [1.807, 2.05) is 12.2 Å². The molecule has 0 heterocycles. The van der Waals surface area contributed by atoms with Crippen LogP contribution in [0.15, 0.2) is 23.8 Å². The van der Waals surface area contributed by atoms with Crippen LogP contribution in [0.5, 0.6) is 0 Å². The van der Waals surface area contributed by atoms with Crippen molar-refractivity contribution < 1.29 is 0 Å². The second kappa shape index (κ2) is 7.08. The van der Waals surface area contributed by atoms with Crippen molar-refractivity contribution in [2.24, 2.45) is 0 Å². The van der Waals surface area contributed by atoms with Crippen LogP contribution in [-0.4, -0.2) is 0 Å². The molecule has 0 aromatic rings. The Morgan fingerprint density at radius 3 is 2.82 bits per heavy atom. The van der Waals surface area contributed by atoms with Gasteiger partial charge in [-0.05, 0) is 13.3 Å². The molecule has 0 rings (SSSR count). The quantitative estimate of drug-likeness (QED) is 0.563. The molecule has 0 fully saturated rings. The minimum Gasteiger partial charge on any atom is -0.198 e. The predicted octanol–water partition coefficient (Wildman–Crippen LogP) is 3.20. The van der Waals surface area contributed by atoms with Gasteiger partial charge in [-0.3, -0.25) is 0 Å². The van der Waals surface area contributed by atoms with Crippen LogP contribution in [-0.2, 0) is 0 Å². The summed E-state index contributed by atoms with van der Waals surface area (Å²) in [6.07, 6.45) is 8.90. The van der Waals surface area contributed by atoms with E-state index < -0.39 is 0 Å². The summed E-state index contributed by atoms with van der Waals surface area (Å²) in [5.41, 5.74) is 1.25. The number of nitriles is 1. The van der Waals surface area contributed by atoms with Gasteiger partial charge in [0.2, 0.25) is 0 Å². The van der Waals surface area contributed by atoms with Crippen LogP contribution < -0.4 is 0 Å². The van der Waals surface area contributed by atoms with E-state index in [-0.39, 0.29) is 0 Å². The molecular weight excluding hydrogens is 134 g/mol. The minimum atomic E-state index is 0.511. The van der Waals surface area contributed by atoms with Crippen molar-refractivity contribution in [3.05, 3.63) is 23.8 Å². The molecule has 0 unspecified atom stereocenters. The highest BCUT2D eigenvalue weighted by molar-refractivity contribution is 5.16. The summed E-state index contributed by atoms with van der Waals surface area (Å²) in [4.78, 5) is 0. The van der Waals surface area contributed by atoms with Gasteiger partial charge in [-0.1, -0.05) is 37.1 Å². The smallest absolute Gasteiger partial charge is 0.0663 e. The fraction of sp³-hybridized carbons (Fsp3) is 0.500. The van der Waals surface area contributed by atoms with Gasteiger partial charge in [-0.25, -0.2) is 0 Å². The molecule has 0 aliphatic carbocycles. The normalized spacial score (nSPS) is 11.9. The van der Waals surface area contributed by atoms with Crippen LogP contribution in [0.4, 0.5) is 0 Å². The molecule has 0 spiro atoms. The third kappa shape index (κ3) is 6.86. The number of rotatable bonds is 4. The Balaban J connectivity index is 3.67. The summed E-state index contributed by atoms with van der Waals surface area (Å²) in [6.45, 7) is 4.21. The van der Waals surface area contributed by atoms with Gasteiger partial charge in [0.15, 0.2) is 0 Å². The topological polar surface area (TPSA) is 23.8 Å². The van der Waals surface area contributed by atoms with Crippen molar-refractivity contribution >= 4 is 0 Å². The first kappa shape index (κ1) is 9.97. The maximum atomic E-state index is 8.23. The molecule has 0 aromatic heterocycles. The summed E-state index contributed by atoms with van der Waals surface area (Å²) >= 11 is 0. The van der Waals surface area contributed by atoms with Crippen molar-refractivity contribution in [2.45, 2.75) is 33.1 Å². The zero-order valence-corrected chi connectivity index (χ0v) is 7.30. The fourth-order valence-electron chi connectivity index (χ4n) is 0.738. The first-order valence-corrected chi connectivity index (χ1v) is 4.01. The number of allylic oxidation sites excluding steroid dienone is 4. The van der Waals surface area contributed by atoms with Gasteiger partial charge in [0.05, 0.1) is 12.5 Å². The van der Waals surface area contributed by atoms with Gasteiger partial charge < -0.3 is 0 Å². The van der Waals surface area contributed by atoms with Crippen molar-refractivity contribution in [3.63, 3.8) is 0 Å². The molecule has 0 amide bonds. The molecule has 0 N–H and O–H groups in total. The average Bonchev–Trinajstić information content (AvgIpc) is 2.01. The van der Waals surface area contributed by atoms with Gasteiger partial charge in [-0.2, -0.15) is 5.26 Å². The van der Waals surface area contributed by atoms with E-state index in [4.69, 9.17) is 5.26 Å². The summed E-state index contributed by atoms with van der Waals surface area (Å²) in [7, 11) is 0. The van der Waals surface area contributed by atoms with Crippen molar-refractivity contribution in [2.75, 3.05) is 0 Å². The highest BCUT2D eigenvalue weighted by Crippen LogP contribution is 1.99. The Hall–Kier alpha value is -1.03. The summed E-state index contributed by atoms with van der Waals surface area (Å²) < 4.78 is 0. The lowest BCUT2D eigenvalue weighted by Crippen LogP contribution is -1.69. The van der Waals surface area contributed by atoms with Crippen LogP contribution in [0.2, 0.25) is 0 Å². The minimum absolute atomic E-state index is 0.511. The fourth-order valence-corrected chi connectivity index (χ4v) is 0.738. The van der Waals surface area contributed by atoms with E-state index in [9.17, 15) is 0 Å². The van der Waals surface area contributed by atoms with Gasteiger partial charge in [-0.15, -0.1) is 0 Å². The van der Waals surface area contributed by atoms with E-state index in [0.29, 0.717) is 6.42 Å². The molecule has 0 atom stereocenters. The van der Waals surface area contributed by atoms with Crippen LogP contribution in [0.25, 0.3) is 0 Å². The van der Waals surface area contributed by atoms with E-state index >= 15 is 0 Å². The third-order valence-electron chi connectivity index (χ3n) is 1.34. The maximum Gasteiger partial charge on any atom is 0.0663 e. The monoisotopic (exact) mass is 149 g/mol. The zero-order valence-electron chi connectivity index (χ0n) is 7.30. The summed E-state index contributed by atoms with van der Waals surface area (Å²) in [6, 6.07) is 2.07. The molecule has 60 valence electrons. The number of hydrogen-bond acceptors (Lipinski definition) is 1. The van der Waals surface area contributed by atoms with E-state index in [0.717, 1.165) is 6.42 Å². The second-order valence-corrected chi connectivity index (χ2v) is 2.50. The van der Waals surface area contributed by atoms with E-state index in [1.165, 1.54) is 12.0 Å². The second-order valence-electron chi connectivity index (χ2n) is 2.50. The number of nitrogens with zero attached hydrogens (tertiary/aromatic N) is 1. The Morgan fingerprint density at radius 2 is 2.27 bits per heavy atom. The molecule has 0 bridgehead atoms. The molecule has 1 heteroatoms. The lowest BCUT2D eigenvalue weighted by atomic mass is 10.2. The van der Waals surface area contributed by atoms with Gasteiger partial charge >= 0.3 is 0 Å². The Kier molecular flexibility index (Phi) is 6.42. The predicted molar refractivity (Wildman–Crippen MR) is 48.0 cm³/mol. The van der Waals surface area contributed by atoms with Crippen LogP contribution in [0, 0.1) is 11.3 Å². The SMILES string of the molecule is CCC/C=C(C)\C=C/CC#N. The highest BCUT2D eigenvalue weighted by Gasteiger charge is 1.80. The molecule has 11 heavy (non-hydrogen) atoms. The van der Waals surface area contributed by atoms with Crippen molar-refractivity contribution in [1.29, 1.82) is 5.26 Å². The highest BCUT2D eigenvalue weighted by atomic mass is 14.2. The summed E-state index contributed by atoms with van der Waals surface area (Å²) in [5.74, 6) is 0.